The minimum atomic E-state index is -0.0420. The predicted octanol–water partition coefficient (Wildman–Crippen LogP) is 4.67. The Morgan fingerprint density at radius 2 is 1.78 bits per heavy atom. The number of rotatable bonds is 3. The van der Waals surface area contributed by atoms with Crippen molar-refractivity contribution in [1.29, 1.82) is 0 Å². The number of methoxy groups -OCH3 is 1. The molecule has 0 aliphatic carbocycles. The first kappa shape index (κ1) is 15.9. The number of H-pyrrole nitrogens is 1. The molecule has 5 heteroatoms. The van der Waals surface area contributed by atoms with Crippen molar-refractivity contribution in [1.82, 2.24) is 9.55 Å². The summed E-state index contributed by atoms with van der Waals surface area (Å²) in [6.45, 7) is 0.961. The van der Waals surface area contributed by atoms with Gasteiger partial charge in [0.15, 0.2) is 11.8 Å². The number of nitrogens with one attached hydrogen (secondary N) is 1. The van der Waals surface area contributed by atoms with Gasteiger partial charge in [-0.3, -0.25) is 4.98 Å². The summed E-state index contributed by atoms with van der Waals surface area (Å²) >= 11 is 0. The van der Waals surface area contributed by atoms with Crippen LogP contribution in [0.3, 0.4) is 0 Å². The Labute approximate surface area is 156 Å². The largest absolute Gasteiger partial charge is 0.497 e. The molecule has 0 bridgehead atoms. The van der Waals surface area contributed by atoms with Crippen molar-refractivity contribution >= 4 is 10.9 Å². The maximum absolute atomic E-state index is 10.6. The second-order valence-corrected chi connectivity index (χ2v) is 6.95. The summed E-state index contributed by atoms with van der Waals surface area (Å²) in [5.41, 5.74) is 5.51. The third kappa shape index (κ3) is 2.31. The van der Waals surface area contributed by atoms with Crippen LogP contribution in [0.4, 0.5) is 0 Å². The molecule has 2 aromatic heterocycles. The molecular formula is C22H20N2O3. The monoisotopic (exact) mass is 360 g/mol. The second-order valence-electron chi connectivity index (χ2n) is 6.95. The van der Waals surface area contributed by atoms with Gasteiger partial charge in [0, 0.05) is 23.7 Å². The zero-order chi connectivity index (χ0) is 18.5. The summed E-state index contributed by atoms with van der Waals surface area (Å²) < 4.78 is 7.48. The van der Waals surface area contributed by atoms with Gasteiger partial charge in [-0.05, 0) is 36.1 Å². The molecule has 1 aliphatic rings. The van der Waals surface area contributed by atoms with Crippen LogP contribution >= 0.6 is 0 Å². The van der Waals surface area contributed by atoms with Crippen LogP contribution in [-0.4, -0.2) is 26.9 Å². The minimum absolute atomic E-state index is 0.0259. The van der Waals surface area contributed by atoms with Gasteiger partial charge in [-0.15, -0.1) is 0 Å². The van der Waals surface area contributed by atoms with Crippen molar-refractivity contribution in [2.45, 2.75) is 19.4 Å². The molecule has 0 saturated heterocycles. The topological polar surface area (TPSA) is 70.4 Å². The van der Waals surface area contributed by atoms with Gasteiger partial charge in [0.25, 0.3) is 0 Å². The third-order valence-corrected chi connectivity index (χ3v) is 5.44. The van der Waals surface area contributed by atoms with E-state index in [1.807, 2.05) is 24.3 Å². The van der Waals surface area contributed by atoms with E-state index in [1.165, 1.54) is 11.1 Å². The highest BCUT2D eigenvalue weighted by Crippen LogP contribution is 2.48. The number of hydrogen-bond donors (Lipinski definition) is 3. The average molecular weight is 360 g/mol. The van der Waals surface area contributed by atoms with E-state index in [0.717, 1.165) is 41.6 Å². The van der Waals surface area contributed by atoms with E-state index in [1.54, 1.807) is 7.11 Å². The fourth-order valence-corrected chi connectivity index (χ4v) is 4.23. The van der Waals surface area contributed by atoms with Crippen LogP contribution < -0.4 is 4.74 Å². The molecule has 3 N–H and O–H groups in total. The van der Waals surface area contributed by atoms with Gasteiger partial charge in [0.2, 0.25) is 0 Å². The first-order chi connectivity index (χ1) is 13.2. The molecule has 0 atom stereocenters. The molecule has 0 spiro atoms. The maximum atomic E-state index is 10.6. The summed E-state index contributed by atoms with van der Waals surface area (Å²) in [5, 5.41) is 22.2. The van der Waals surface area contributed by atoms with E-state index >= 15 is 0 Å². The lowest BCUT2D eigenvalue weighted by Crippen LogP contribution is -2.05. The van der Waals surface area contributed by atoms with E-state index in [9.17, 15) is 10.2 Å². The third-order valence-electron chi connectivity index (χ3n) is 5.44. The van der Waals surface area contributed by atoms with Gasteiger partial charge in [0.05, 0.1) is 23.8 Å². The Hall–Kier alpha value is -3.34. The summed E-state index contributed by atoms with van der Waals surface area (Å²) in [6.07, 6.45) is 4.26. The van der Waals surface area contributed by atoms with Crippen LogP contribution in [0.5, 0.6) is 17.5 Å². The standard InChI is InChI=1S/C22H20N2O3/c1-27-15-9-7-13(8-10-15)18-19(22(26)23-21(18)25)17-12-24-11-3-5-14-4-2-6-16(17)20(14)24/h2,4,6-10,12,23,25-26H,3,5,11H2,1H3. The number of aromatic nitrogens is 2. The number of hydrogen-bond acceptors (Lipinski definition) is 3. The first-order valence-electron chi connectivity index (χ1n) is 9.07. The summed E-state index contributed by atoms with van der Waals surface area (Å²) in [7, 11) is 1.62. The van der Waals surface area contributed by atoms with E-state index < -0.39 is 0 Å². The Morgan fingerprint density at radius 3 is 2.56 bits per heavy atom. The zero-order valence-electron chi connectivity index (χ0n) is 15.0. The SMILES string of the molecule is COc1ccc(-c2c(O)[nH]c(O)c2-c2cn3c4c(cccc24)CCC3)cc1. The molecule has 0 radical (unpaired) electrons. The van der Waals surface area contributed by atoms with Crippen LogP contribution in [0.2, 0.25) is 0 Å². The molecule has 2 aromatic carbocycles. The van der Waals surface area contributed by atoms with Crippen molar-refractivity contribution < 1.29 is 14.9 Å². The van der Waals surface area contributed by atoms with E-state index in [0.29, 0.717) is 11.1 Å². The molecule has 27 heavy (non-hydrogen) atoms. The van der Waals surface area contributed by atoms with Gasteiger partial charge >= 0.3 is 0 Å². The van der Waals surface area contributed by atoms with E-state index in [2.05, 4.69) is 33.9 Å². The number of benzene rings is 2. The van der Waals surface area contributed by atoms with Crippen LogP contribution in [0.1, 0.15) is 12.0 Å². The van der Waals surface area contributed by atoms with Crippen molar-refractivity contribution in [3.05, 3.63) is 54.2 Å². The van der Waals surface area contributed by atoms with Gasteiger partial charge in [-0.1, -0.05) is 30.3 Å². The quantitative estimate of drug-likeness (QED) is 0.497. The molecule has 0 fully saturated rings. The van der Waals surface area contributed by atoms with Crippen molar-refractivity contribution in [3.8, 4) is 39.8 Å². The molecule has 5 nitrogen and oxygen atoms in total. The Balaban J connectivity index is 1.78. The average Bonchev–Trinajstić information content (AvgIpc) is 3.20. The molecule has 0 saturated carbocycles. The highest BCUT2D eigenvalue weighted by Gasteiger charge is 2.25. The molecular weight excluding hydrogens is 340 g/mol. The lowest BCUT2D eigenvalue weighted by atomic mass is 9.96. The molecule has 5 rings (SSSR count). The second kappa shape index (κ2) is 5.84. The van der Waals surface area contributed by atoms with Gasteiger partial charge < -0.3 is 19.5 Å². The maximum Gasteiger partial charge on any atom is 0.200 e. The number of aromatic hydroxyl groups is 2. The Morgan fingerprint density at radius 1 is 1.00 bits per heavy atom. The Kier molecular flexibility index (Phi) is 3.44. The zero-order valence-corrected chi connectivity index (χ0v) is 15.0. The number of nitrogens with zero attached hydrogens (tertiary/aromatic N) is 1. The molecule has 0 amide bonds. The number of aryl methyl sites for hydroxylation is 2. The lowest BCUT2D eigenvalue weighted by Gasteiger charge is -2.14. The highest BCUT2D eigenvalue weighted by molar-refractivity contribution is 6.04. The van der Waals surface area contributed by atoms with Crippen LogP contribution in [0, 0.1) is 0 Å². The minimum Gasteiger partial charge on any atom is -0.497 e. The molecule has 1 aliphatic heterocycles. The Bertz CT molecular complexity index is 1150. The van der Waals surface area contributed by atoms with Crippen LogP contribution in [-0.2, 0) is 13.0 Å². The fourth-order valence-electron chi connectivity index (χ4n) is 4.23. The van der Waals surface area contributed by atoms with Gasteiger partial charge in [-0.2, -0.15) is 0 Å². The smallest absolute Gasteiger partial charge is 0.200 e. The first-order valence-corrected chi connectivity index (χ1v) is 9.07. The van der Waals surface area contributed by atoms with Gasteiger partial charge in [0.1, 0.15) is 5.75 Å². The van der Waals surface area contributed by atoms with Crippen LogP contribution in [0.15, 0.2) is 48.7 Å². The summed E-state index contributed by atoms with van der Waals surface area (Å²) in [4.78, 5) is 2.69. The van der Waals surface area contributed by atoms with Crippen molar-refractivity contribution in [2.24, 2.45) is 0 Å². The summed E-state index contributed by atoms with van der Waals surface area (Å²) in [6, 6.07) is 13.8. The number of ether oxygens (including phenoxy) is 1. The fraction of sp³-hybridized carbons (Fsp3) is 0.182. The molecule has 0 unspecified atom stereocenters. The molecule has 136 valence electrons. The normalized spacial score (nSPS) is 13.2. The number of para-hydroxylation sites is 1. The highest BCUT2D eigenvalue weighted by atomic mass is 16.5. The van der Waals surface area contributed by atoms with Gasteiger partial charge in [-0.25, -0.2) is 0 Å². The lowest BCUT2D eigenvalue weighted by molar-refractivity contribution is 0.415. The molecule has 4 aromatic rings. The van der Waals surface area contributed by atoms with E-state index in [4.69, 9.17) is 4.74 Å². The predicted molar refractivity (Wildman–Crippen MR) is 105 cm³/mol. The van der Waals surface area contributed by atoms with E-state index in [-0.39, 0.29) is 11.8 Å². The van der Waals surface area contributed by atoms with Crippen molar-refractivity contribution in [2.75, 3.05) is 7.11 Å². The van der Waals surface area contributed by atoms with Crippen molar-refractivity contribution in [3.63, 3.8) is 0 Å². The molecule has 3 heterocycles. The summed E-state index contributed by atoms with van der Waals surface area (Å²) in [5.74, 6) is 0.674. The number of aromatic amines is 1. The van der Waals surface area contributed by atoms with Crippen LogP contribution in [0.25, 0.3) is 33.2 Å².